The lowest BCUT2D eigenvalue weighted by atomic mass is 9.89. The summed E-state index contributed by atoms with van der Waals surface area (Å²) in [5.41, 5.74) is 6.93. The van der Waals surface area contributed by atoms with Gasteiger partial charge in [0.25, 0.3) is 0 Å². The fraction of sp³-hybridized carbons (Fsp3) is 0.353. The highest BCUT2D eigenvalue weighted by atomic mass is 32.1. The van der Waals surface area contributed by atoms with Crippen molar-refractivity contribution in [2.24, 2.45) is 5.73 Å². The molecule has 0 radical (unpaired) electrons. The number of carbonyl (C=O) groups is 1. The molecule has 0 aliphatic carbocycles. The van der Waals surface area contributed by atoms with Gasteiger partial charge in [-0.05, 0) is 35.4 Å². The number of primary amides is 1. The summed E-state index contributed by atoms with van der Waals surface area (Å²) < 4.78 is 0. The lowest BCUT2D eigenvalue weighted by Crippen LogP contribution is -2.49. The zero-order chi connectivity index (χ0) is 15.5. The van der Waals surface area contributed by atoms with Gasteiger partial charge in [-0.15, -0.1) is 11.3 Å². The van der Waals surface area contributed by atoms with Gasteiger partial charge >= 0.3 is 0 Å². The molecule has 1 aromatic heterocycles. The van der Waals surface area contributed by atoms with Crippen molar-refractivity contribution in [3.63, 3.8) is 0 Å². The molecular weight excluding hydrogens is 280 g/mol. The standard InChI is InChI=1S/C17H22N2OS/c1-12(2)13-6-8-14(9-7-13)17(3,16(18)20)19-11-15-5-4-10-21-15/h4-10,12,19H,11H2,1-3H3,(H2,18,20). The number of benzene rings is 1. The topological polar surface area (TPSA) is 55.1 Å². The third-order valence-electron chi connectivity index (χ3n) is 3.84. The van der Waals surface area contributed by atoms with Gasteiger partial charge in [0.05, 0.1) is 0 Å². The van der Waals surface area contributed by atoms with Crippen LogP contribution in [-0.2, 0) is 16.9 Å². The summed E-state index contributed by atoms with van der Waals surface area (Å²) in [5, 5.41) is 5.32. The molecule has 0 saturated carbocycles. The molecule has 0 saturated heterocycles. The average Bonchev–Trinajstić information content (AvgIpc) is 2.98. The first-order valence-corrected chi connectivity index (χ1v) is 7.99. The fourth-order valence-corrected chi connectivity index (χ4v) is 2.85. The van der Waals surface area contributed by atoms with E-state index in [2.05, 4.69) is 31.3 Å². The second kappa shape index (κ2) is 6.41. The molecule has 2 rings (SSSR count). The molecule has 3 N–H and O–H groups in total. The van der Waals surface area contributed by atoms with Gasteiger partial charge in [-0.25, -0.2) is 0 Å². The van der Waals surface area contributed by atoms with Crippen LogP contribution in [0.2, 0.25) is 0 Å². The molecule has 2 aromatic rings. The number of nitrogens with two attached hydrogens (primary N) is 1. The Bertz CT molecular complexity index is 590. The van der Waals surface area contributed by atoms with Crippen molar-refractivity contribution in [1.82, 2.24) is 5.32 Å². The zero-order valence-electron chi connectivity index (χ0n) is 12.7. The maximum absolute atomic E-state index is 12.0. The first-order valence-electron chi connectivity index (χ1n) is 7.11. The molecule has 112 valence electrons. The fourth-order valence-electron chi connectivity index (χ4n) is 2.21. The van der Waals surface area contributed by atoms with Crippen LogP contribution in [0.25, 0.3) is 0 Å². The molecule has 1 atom stereocenters. The molecule has 1 heterocycles. The third-order valence-corrected chi connectivity index (χ3v) is 4.72. The molecule has 4 heteroatoms. The number of hydrogen-bond acceptors (Lipinski definition) is 3. The molecule has 1 aromatic carbocycles. The molecule has 0 fully saturated rings. The van der Waals surface area contributed by atoms with Crippen LogP contribution in [0.15, 0.2) is 41.8 Å². The van der Waals surface area contributed by atoms with E-state index in [1.807, 2.05) is 36.6 Å². The highest BCUT2D eigenvalue weighted by Gasteiger charge is 2.32. The van der Waals surface area contributed by atoms with Gasteiger partial charge in [-0.2, -0.15) is 0 Å². The molecule has 1 unspecified atom stereocenters. The molecule has 0 aliphatic rings. The van der Waals surface area contributed by atoms with Crippen LogP contribution in [0.3, 0.4) is 0 Å². The van der Waals surface area contributed by atoms with Crippen LogP contribution in [0.1, 0.15) is 42.7 Å². The second-order valence-corrected chi connectivity index (χ2v) is 6.73. The molecule has 21 heavy (non-hydrogen) atoms. The first-order chi connectivity index (χ1) is 9.93. The highest BCUT2D eigenvalue weighted by molar-refractivity contribution is 7.09. The van der Waals surface area contributed by atoms with Crippen molar-refractivity contribution in [3.8, 4) is 0 Å². The Hall–Kier alpha value is -1.65. The van der Waals surface area contributed by atoms with Gasteiger partial charge in [-0.1, -0.05) is 44.2 Å². The zero-order valence-corrected chi connectivity index (χ0v) is 13.5. The number of amides is 1. The van der Waals surface area contributed by atoms with E-state index in [0.29, 0.717) is 12.5 Å². The summed E-state index contributed by atoms with van der Waals surface area (Å²) in [6.45, 7) is 6.77. The van der Waals surface area contributed by atoms with E-state index in [-0.39, 0.29) is 5.91 Å². The molecule has 0 spiro atoms. The number of carbonyl (C=O) groups excluding carboxylic acids is 1. The Morgan fingerprint density at radius 1 is 1.29 bits per heavy atom. The summed E-state index contributed by atoms with van der Waals surface area (Å²) in [6, 6.07) is 12.1. The van der Waals surface area contributed by atoms with Crippen LogP contribution in [0, 0.1) is 0 Å². The predicted octanol–water partition coefficient (Wildman–Crippen LogP) is 3.36. The maximum atomic E-state index is 12.0. The quantitative estimate of drug-likeness (QED) is 0.859. The van der Waals surface area contributed by atoms with Gasteiger partial charge in [0, 0.05) is 11.4 Å². The van der Waals surface area contributed by atoms with E-state index in [1.54, 1.807) is 11.3 Å². The van der Waals surface area contributed by atoms with Gasteiger partial charge in [-0.3, -0.25) is 10.1 Å². The largest absolute Gasteiger partial charge is 0.368 e. The number of rotatable bonds is 6. The molecular formula is C17H22N2OS. The van der Waals surface area contributed by atoms with Gasteiger partial charge in [0.2, 0.25) is 5.91 Å². The summed E-state index contributed by atoms with van der Waals surface area (Å²) in [4.78, 5) is 13.1. The Morgan fingerprint density at radius 2 is 1.95 bits per heavy atom. The van der Waals surface area contributed by atoms with E-state index in [9.17, 15) is 4.79 Å². The lowest BCUT2D eigenvalue weighted by Gasteiger charge is -2.28. The van der Waals surface area contributed by atoms with E-state index in [1.165, 1.54) is 10.4 Å². The molecule has 0 aliphatic heterocycles. The monoisotopic (exact) mass is 302 g/mol. The Labute approximate surface area is 130 Å². The Balaban J connectivity index is 2.22. The van der Waals surface area contributed by atoms with Crippen LogP contribution in [0.5, 0.6) is 0 Å². The van der Waals surface area contributed by atoms with Crippen LogP contribution >= 0.6 is 11.3 Å². The lowest BCUT2D eigenvalue weighted by molar-refractivity contribution is -0.124. The van der Waals surface area contributed by atoms with Gasteiger partial charge < -0.3 is 5.73 Å². The van der Waals surface area contributed by atoms with Crippen LogP contribution in [0.4, 0.5) is 0 Å². The van der Waals surface area contributed by atoms with Gasteiger partial charge in [0.1, 0.15) is 5.54 Å². The van der Waals surface area contributed by atoms with Crippen molar-refractivity contribution >= 4 is 17.2 Å². The first kappa shape index (κ1) is 15.7. The Kier molecular flexibility index (Phi) is 4.80. The van der Waals surface area contributed by atoms with Crippen LogP contribution in [-0.4, -0.2) is 5.91 Å². The van der Waals surface area contributed by atoms with Gasteiger partial charge in [0.15, 0.2) is 0 Å². The van der Waals surface area contributed by atoms with Crippen molar-refractivity contribution in [2.75, 3.05) is 0 Å². The minimum atomic E-state index is -0.862. The number of nitrogens with one attached hydrogen (secondary N) is 1. The summed E-state index contributed by atoms with van der Waals surface area (Å²) in [7, 11) is 0. The SMILES string of the molecule is CC(C)c1ccc(C(C)(NCc2cccs2)C(N)=O)cc1. The minimum Gasteiger partial charge on any atom is -0.368 e. The summed E-state index contributed by atoms with van der Waals surface area (Å²) in [5.74, 6) is 0.106. The average molecular weight is 302 g/mol. The summed E-state index contributed by atoms with van der Waals surface area (Å²) in [6.07, 6.45) is 0. The van der Waals surface area contributed by atoms with Crippen molar-refractivity contribution in [3.05, 3.63) is 57.8 Å². The van der Waals surface area contributed by atoms with E-state index in [0.717, 1.165) is 5.56 Å². The van der Waals surface area contributed by atoms with E-state index >= 15 is 0 Å². The van der Waals surface area contributed by atoms with Crippen molar-refractivity contribution in [2.45, 2.75) is 38.8 Å². The molecule has 0 bridgehead atoms. The second-order valence-electron chi connectivity index (χ2n) is 5.70. The minimum absolute atomic E-state index is 0.364. The highest BCUT2D eigenvalue weighted by Crippen LogP contribution is 2.24. The maximum Gasteiger partial charge on any atom is 0.242 e. The number of thiophene rings is 1. The normalized spacial score (nSPS) is 14.1. The van der Waals surface area contributed by atoms with Crippen molar-refractivity contribution < 1.29 is 4.79 Å². The predicted molar refractivity (Wildman–Crippen MR) is 88.2 cm³/mol. The van der Waals surface area contributed by atoms with E-state index < -0.39 is 5.54 Å². The third kappa shape index (κ3) is 3.52. The molecule has 1 amide bonds. The van der Waals surface area contributed by atoms with Crippen LogP contribution < -0.4 is 11.1 Å². The Morgan fingerprint density at radius 3 is 2.43 bits per heavy atom. The van der Waals surface area contributed by atoms with E-state index in [4.69, 9.17) is 5.73 Å². The van der Waals surface area contributed by atoms with Crippen molar-refractivity contribution in [1.29, 1.82) is 0 Å². The smallest absolute Gasteiger partial charge is 0.242 e. The molecule has 3 nitrogen and oxygen atoms in total. The summed E-state index contributed by atoms with van der Waals surface area (Å²) >= 11 is 1.66. The number of hydrogen-bond donors (Lipinski definition) is 2.